The van der Waals surface area contributed by atoms with Crippen molar-refractivity contribution < 1.29 is 4.79 Å². The zero-order chi connectivity index (χ0) is 14.8. The van der Waals surface area contributed by atoms with E-state index in [1.165, 1.54) is 0 Å². The van der Waals surface area contributed by atoms with Crippen LogP contribution in [0.4, 0.5) is 0 Å². The van der Waals surface area contributed by atoms with E-state index < -0.39 is 0 Å². The Morgan fingerprint density at radius 2 is 2.14 bits per heavy atom. The smallest absolute Gasteiger partial charge is 0.257 e. The maximum absolute atomic E-state index is 12.5. The Hall–Kier alpha value is -1.85. The van der Waals surface area contributed by atoms with Gasteiger partial charge < -0.3 is 10.2 Å². The molecule has 1 N–H and O–H groups in total. The molecule has 110 valence electrons. The molecule has 2 aromatic rings. The lowest BCUT2D eigenvalue weighted by Gasteiger charge is -2.33. The zero-order valence-electron chi connectivity index (χ0n) is 11.8. The Balaban J connectivity index is 1.81. The molecule has 1 saturated heterocycles. The van der Waals surface area contributed by atoms with Crippen molar-refractivity contribution in [2.75, 3.05) is 19.6 Å². The topological polar surface area (TPSA) is 50.2 Å². The molecule has 5 nitrogen and oxygen atoms in total. The van der Waals surface area contributed by atoms with E-state index in [0.29, 0.717) is 10.6 Å². The minimum Gasteiger partial charge on any atom is -0.333 e. The summed E-state index contributed by atoms with van der Waals surface area (Å²) >= 11 is 5.88. The Kier molecular flexibility index (Phi) is 3.94. The van der Waals surface area contributed by atoms with Crippen molar-refractivity contribution in [2.24, 2.45) is 0 Å². The third kappa shape index (κ3) is 2.94. The zero-order valence-corrected chi connectivity index (χ0v) is 12.5. The predicted octanol–water partition coefficient (Wildman–Crippen LogP) is 1.96. The Labute approximate surface area is 128 Å². The van der Waals surface area contributed by atoms with Crippen molar-refractivity contribution in [3.05, 3.63) is 47.2 Å². The summed E-state index contributed by atoms with van der Waals surface area (Å²) in [4.78, 5) is 14.4. The van der Waals surface area contributed by atoms with Gasteiger partial charge in [-0.05, 0) is 31.2 Å². The van der Waals surface area contributed by atoms with Gasteiger partial charge in [0.2, 0.25) is 0 Å². The molecule has 1 aromatic carbocycles. The average Bonchev–Trinajstić information content (AvgIpc) is 2.98. The Morgan fingerprint density at radius 1 is 1.38 bits per heavy atom. The Morgan fingerprint density at radius 3 is 2.86 bits per heavy atom. The summed E-state index contributed by atoms with van der Waals surface area (Å²) in [5.74, 6) is 0.0317. The van der Waals surface area contributed by atoms with E-state index in [4.69, 9.17) is 11.6 Å². The molecule has 0 unspecified atom stereocenters. The molecule has 1 aromatic heterocycles. The molecule has 2 heterocycles. The van der Waals surface area contributed by atoms with Crippen molar-refractivity contribution in [1.29, 1.82) is 0 Å². The van der Waals surface area contributed by atoms with Crippen LogP contribution in [0.1, 0.15) is 17.3 Å². The monoisotopic (exact) mass is 304 g/mol. The number of halogens is 1. The van der Waals surface area contributed by atoms with E-state index >= 15 is 0 Å². The number of amides is 1. The molecule has 1 fully saturated rings. The van der Waals surface area contributed by atoms with Gasteiger partial charge in [0.1, 0.15) is 0 Å². The fourth-order valence-corrected chi connectivity index (χ4v) is 2.60. The van der Waals surface area contributed by atoms with Crippen molar-refractivity contribution in [3.63, 3.8) is 0 Å². The van der Waals surface area contributed by atoms with E-state index in [1.807, 2.05) is 24.0 Å². The third-order valence-corrected chi connectivity index (χ3v) is 3.93. The molecule has 6 heteroatoms. The molecule has 0 radical (unpaired) electrons. The number of carbonyl (C=O) groups excluding carboxylic acids is 1. The first-order chi connectivity index (χ1) is 10.1. The molecule has 0 bridgehead atoms. The Bertz CT molecular complexity index is 637. The lowest BCUT2D eigenvalue weighted by Crippen LogP contribution is -2.52. The van der Waals surface area contributed by atoms with E-state index in [2.05, 4.69) is 10.4 Å². The van der Waals surface area contributed by atoms with Gasteiger partial charge in [-0.3, -0.25) is 4.79 Å². The van der Waals surface area contributed by atoms with Gasteiger partial charge in [0.25, 0.3) is 5.91 Å². The molecule has 1 atom stereocenters. The highest BCUT2D eigenvalue weighted by Gasteiger charge is 2.24. The SMILES string of the molecule is C[C@@H]1CNCCN1C(=O)c1cnn(-c2ccc(Cl)cc2)c1. The summed E-state index contributed by atoms with van der Waals surface area (Å²) in [5.41, 5.74) is 1.49. The predicted molar refractivity (Wildman–Crippen MR) is 81.9 cm³/mol. The fraction of sp³-hybridized carbons (Fsp3) is 0.333. The van der Waals surface area contributed by atoms with E-state index in [-0.39, 0.29) is 11.9 Å². The lowest BCUT2D eigenvalue weighted by atomic mass is 10.2. The van der Waals surface area contributed by atoms with Crippen LogP contribution < -0.4 is 5.32 Å². The van der Waals surface area contributed by atoms with E-state index in [0.717, 1.165) is 25.3 Å². The molecule has 3 rings (SSSR count). The molecule has 1 aliphatic rings. The highest BCUT2D eigenvalue weighted by molar-refractivity contribution is 6.30. The van der Waals surface area contributed by atoms with Gasteiger partial charge in [0, 0.05) is 36.9 Å². The molecule has 1 aliphatic heterocycles. The van der Waals surface area contributed by atoms with Crippen LogP contribution >= 0.6 is 11.6 Å². The van der Waals surface area contributed by atoms with Crippen molar-refractivity contribution >= 4 is 17.5 Å². The number of benzene rings is 1. The van der Waals surface area contributed by atoms with Gasteiger partial charge in [-0.25, -0.2) is 4.68 Å². The van der Waals surface area contributed by atoms with Gasteiger partial charge in [-0.2, -0.15) is 5.10 Å². The molecule has 21 heavy (non-hydrogen) atoms. The second-order valence-corrected chi connectivity index (χ2v) is 5.64. The summed E-state index contributed by atoms with van der Waals surface area (Å²) in [7, 11) is 0. The number of nitrogens with zero attached hydrogens (tertiary/aromatic N) is 3. The highest BCUT2D eigenvalue weighted by Crippen LogP contribution is 2.15. The summed E-state index contributed by atoms with van der Waals surface area (Å²) in [6, 6.07) is 7.55. The highest BCUT2D eigenvalue weighted by atomic mass is 35.5. The maximum Gasteiger partial charge on any atom is 0.257 e. The van der Waals surface area contributed by atoms with E-state index in [1.54, 1.807) is 29.2 Å². The lowest BCUT2D eigenvalue weighted by molar-refractivity contribution is 0.0656. The maximum atomic E-state index is 12.5. The summed E-state index contributed by atoms with van der Waals surface area (Å²) < 4.78 is 1.69. The van der Waals surface area contributed by atoms with E-state index in [9.17, 15) is 4.79 Å². The number of nitrogens with one attached hydrogen (secondary N) is 1. The van der Waals surface area contributed by atoms with Crippen LogP contribution in [0.25, 0.3) is 5.69 Å². The molecular weight excluding hydrogens is 288 g/mol. The average molecular weight is 305 g/mol. The van der Waals surface area contributed by atoms with Crippen molar-refractivity contribution in [2.45, 2.75) is 13.0 Å². The molecule has 1 amide bonds. The number of piperazine rings is 1. The van der Waals surface area contributed by atoms with Crippen molar-refractivity contribution in [1.82, 2.24) is 20.0 Å². The van der Waals surface area contributed by atoms with Gasteiger partial charge >= 0.3 is 0 Å². The summed E-state index contributed by atoms with van der Waals surface area (Å²) in [5, 5.41) is 8.23. The van der Waals surface area contributed by atoms with Crippen molar-refractivity contribution in [3.8, 4) is 5.69 Å². The quantitative estimate of drug-likeness (QED) is 0.923. The van der Waals surface area contributed by atoms with Crippen LogP contribution in [-0.4, -0.2) is 46.3 Å². The van der Waals surface area contributed by atoms with Gasteiger partial charge in [0.15, 0.2) is 0 Å². The molecule has 0 spiro atoms. The summed E-state index contributed by atoms with van der Waals surface area (Å²) in [6.45, 7) is 4.44. The van der Waals surface area contributed by atoms with Gasteiger partial charge in [-0.1, -0.05) is 11.6 Å². The minimum atomic E-state index is 0.0317. The van der Waals surface area contributed by atoms with Crippen LogP contribution in [0, 0.1) is 0 Å². The molecular formula is C15H17ClN4O. The molecule has 0 aliphatic carbocycles. The van der Waals surface area contributed by atoms with Gasteiger partial charge in [-0.15, -0.1) is 0 Å². The first kappa shape index (κ1) is 14.1. The van der Waals surface area contributed by atoms with Crippen LogP contribution in [0.2, 0.25) is 5.02 Å². The first-order valence-corrected chi connectivity index (χ1v) is 7.35. The second kappa shape index (κ2) is 5.87. The number of aromatic nitrogens is 2. The minimum absolute atomic E-state index is 0.0317. The first-order valence-electron chi connectivity index (χ1n) is 6.97. The third-order valence-electron chi connectivity index (χ3n) is 3.68. The van der Waals surface area contributed by atoms with Gasteiger partial charge in [0.05, 0.1) is 17.4 Å². The number of carbonyl (C=O) groups is 1. The second-order valence-electron chi connectivity index (χ2n) is 5.20. The van der Waals surface area contributed by atoms with Crippen LogP contribution in [0.15, 0.2) is 36.7 Å². The van der Waals surface area contributed by atoms with Crippen LogP contribution in [-0.2, 0) is 0 Å². The summed E-state index contributed by atoms with van der Waals surface area (Å²) in [6.07, 6.45) is 3.38. The standard InChI is InChI=1S/C15H17ClN4O/c1-11-8-17-6-7-19(11)15(21)12-9-18-20(10-12)14-4-2-13(16)3-5-14/h2-5,9-11,17H,6-8H2,1H3/t11-/m1/s1. The molecule has 0 saturated carbocycles. The largest absolute Gasteiger partial charge is 0.333 e. The number of hydrogen-bond donors (Lipinski definition) is 1. The normalized spacial score (nSPS) is 18.8. The number of rotatable bonds is 2. The fourth-order valence-electron chi connectivity index (χ4n) is 2.48. The number of hydrogen-bond acceptors (Lipinski definition) is 3. The van der Waals surface area contributed by atoms with Crippen LogP contribution in [0.3, 0.4) is 0 Å². The van der Waals surface area contributed by atoms with Crippen LogP contribution in [0.5, 0.6) is 0 Å².